The van der Waals surface area contributed by atoms with Crippen LogP contribution in [0.15, 0.2) is 6.20 Å². The Morgan fingerprint density at radius 3 is 2.67 bits per heavy atom. The average molecular weight is 164 g/mol. The molecule has 4 heteroatoms. The summed E-state index contributed by atoms with van der Waals surface area (Å²) in [5, 5.41) is 7.48. The monoisotopic (exact) mass is 164 g/mol. The van der Waals surface area contributed by atoms with Crippen LogP contribution in [0.1, 0.15) is 30.7 Å². The van der Waals surface area contributed by atoms with E-state index in [-0.39, 0.29) is 0 Å². The van der Waals surface area contributed by atoms with E-state index >= 15 is 0 Å². The van der Waals surface area contributed by atoms with E-state index in [1.54, 1.807) is 6.20 Å². The van der Waals surface area contributed by atoms with Crippen LogP contribution >= 0.6 is 0 Å². The van der Waals surface area contributed by atoms with Gasteiger partial charge in [0.2, 0.25) is 0 Å². The van der Waals surface area contributed by atoms with Crippen molar-refractivity contribution in [2.75, 3.05) is 11.5 Å². The second kappa shape index (κ2) is 2.62. The number of nitrogen functional groups attached to an aromatic ring is 2. The van der Waals surface area contributed by atoms with Crippen molar-refractivity contribution in [3.8, 4) is 0 Å². The predicted octanol–water partition coefficient (Wildman–Crippen LogP) is 0.908. The lowest BCUT2D eigenvalue weighted by Crippen LogP contribution is -2.13. The van der Waals surface area contributed by atoms with E-state index in [9.17, 15) is 0 Å². The van der Waals surface area contributed by atoms with Crippen LogP contribution < -0.4 is 11.5 Å². The highest BCUT2D eigenvalue weighted by atomic mass is 15.1. The van der Waals surface area contributed by atoms with Gasteiger partial charge in [-0.05, 0) is 18.8 Å². The van der Waals surface area contributed by atoms with Crippen molar-refractivity contribution in [1.29, 1.82) is 0 Å². The smallest absolute Gasteiger partial charge is 0.169 e. The Morgan fingerprint density at radius 1 is 1.33 bits per heavy atom. The van der Waals surface area contributed by atoms with Crippen molar-refractivity contribution >= 4 is 11.5 Å². The molecule has 1 aliphatic rings. The van der Waals surface area contributed by atoms with E-state index in [1.807, 2.05) is 0 Å². The maximum Gasteiger partial charge on any atom is 0.169 e. The number of aromatic nitrogens is 2. The highest BCUT2D eigenvalue weighted by Crippen LogP contribution is 2.39. The van der Waals surface area contributed by atoms with Gasteiger partial charge in [0.1, 0.15) is 0 Å². The van der Waals surface area contributed by atoms with Crippen molar-refractivity contribution in [3.05, 3.63) is 11.8 Å². The molecule has 1 saturated carbocycles. The largest absolute Gasteiger partial charge is 0.395 e. The average Bonchev–Trinajstić information content (AvgIpc) is 1.95. The lowest BCUT2D eigenvalue weighted by atomic mass is 9.80. The van der Waals surface area contributed by atoms with Crippen molar-refractivity contribution in [1.82, 2.24) is 10.2 Å². The maximum absolute atomic E-state index is 5.77. The third kappa shape index (κ3) is 0.995. The Balaban J connectivity index is 2.36. The molecule has 0 amide bonds. The van der Waals surface area contributed by atoms with Crippen molar-refractivity contribution in [3.63, 3.8) is 0 Å². The van der Waals surface area contributed by atoms with E-state index in [4.69, 9.17) is 11.5 Å². The van der Waals surface area contributed by atoms with Gasteiger partial charge in [-0.3, -0.25) is 0 Å². The minimum Gasteiger partial charge on any atom is -0.395 e. The zero-order chi connectivity index (χ0) is 8.55. The standard InChI is InChI=1S/C8H12N4/c9-7-6(5-2-1-3-5)4-11-12-8(7)10/h4-5H,1-3H2,(H2,9,11)(H2,10,12). The Hall–Kier alpha value is -1.32. The Kier molecular flexibility index (Phi) is 1.60. The quantitative estimate of drug-likeness (QED) is 0.646. The summed E-state index contributed by atoms with van der Waals surface area (Å²) in [7, 11) is 0. The third-order valence-corrected chi connectivity index (χ3v) is 2.49. The number of nitrogens with zero attached hydrogens (tertiary/aromatic N) is 2. The molecular weight excluding hydrogens is 152 g/mol. The summed E-state index contributed by atoms with van der Waals surface area (Å²) in [5.41, 5.74) is 13.0. The Labute approximate surface area is 71.0 Å². The first kappa shape index (κ1) is 7.34. The van der Waals surface area contributed by atoms with Gasteiger partial charge in [-0.15, -0.1) is 5.10 Å². The highest BCUT2D eigenvalue weighted by Gasteiger charge is 2.22. The van der Waals surface area contributed by atoms with Crippen LogP contribution in [0.4, 0.5) is 11.5 Å². The minimum absolute atomic E-state index is 0.361. The van der Waals surface area contributed by atoms with Crippen LogP contribution in [0.2, 0.25) is 0 Å². The molecule has 2 rings (SSSR count). The lowest BCUT2D eigenvalue weighted by molar-refractivity contribution is 0.419. The summed E-state index contributed by atoms with van der Waals surface area (Å²) in [6.45, 7) is 0. The fraction of sp³-hybridized carbons (Fsp3) is 0.500. The third-order valence-electron chi connectivity index (χ3n) is 2.49. The SMILES string of the molecule is Nc1nncc(C2CCC2)c1N. The van der Waals surface area contributed by atoms with Crippen LogP contribution in [0.3, 0.4) is 0 Å². The lowest BCUT2D eigenvalue weighted by Gasteiger charge is -2.26. The molecule has 12 heavy (non-hydrogen) atoms. The maximum atomic E-state index is 5.77. The van der Waals surface area contributed by atoms with E-state index in [0.29, 0.717) is 17.4 Å². The normalized spacial score (nSPS) is 17.3. The van der Waals surface area contributed by atoms with Crippen LogP contribution in [-0.2, 0) is 0 Å². The zero-order valence-electron chi connectivity index (χ0n) is 6.83. The van der Waals surface area contributed by atoms with E-state index in [0.717, 1.165) is 5.56 Å². The fourth-order valence-electron chi connectivity index (χ4n) is 1.47. The van der Waals surface area contributed by atoms with Gasteiger partial charge < -0.3 is 11.5 Å². The molecule has 1 fully saturated rings. The fourth-order valence-corrected chi connectivity index (χ4v) is 1.47. The topological polar surface area (TPSA) is 77.8 Å². The van der Waals surface area contributed by atoms with Gasteiger partial charge in [0.25, 0.3) is 0 Å². The van der Waals surface area contributed by atoms with Crippen molar-refractivity contribution in [2.24, 2.45) is 0 Å². The minimum atomic E-state index is 0.361. The van der Waals surface area contributed by atoms with Gasteiger partial charge in [-0.2, -0.15) is 5.10 Å². The summed E-state index contributed by atoms with van der Waals surface area (Å²) in [6.07, 6.45) is 5.42. The molecule has 0 aliphatic heterocycles. The zero-order valence-corrected chi connectivity index (χ0v) is 6.83. The molecular formula is C8H12N4. The molecule has 0 unspecified atom stereocenters. The summed E-state index contributed by atoms with van der Waals surface area (Å²) >= 11 is 0. The van der Waals surface area contributed by atoms with E-state index < -0.39 is 0 Å². The van der Waals surface area contributed by atoms with Gasteiger partial charge in [0.05, 0.1) is 11.9 Å². The van der Waals surface area contributed by atoms with Gasteiger partial charge in [-0.1, -0.05) is 6.42 Å². The van der Waals surface area contributed by atoms with Crippen LogP contribution in [0, 0.1) is 0 Å². The van der Waals surface area contributed by atoms with Crippen LogP contribution in [-0.4, -0.2) is 10.2 Å². The first-order valence-corrected chi connectivity index (χ1v) is 4.15. The molecule has 1 aromatic rings. The predicted molar refractivity (Wildman–Crippen MR) is 47.4 cm³/mol. The molecule has 0 bridgehead atoms. The molecule has 0 radical (unpaired) electrons. The van der Waals surface area contributed by atoms with Gasteiger partial charge in [-0.25, -0.2) is 0 Å². The van der Waals surface area contributed by atoms with Gasteiger partial charge in [0.15, 0.2) is 5.82 Å². The number of nitrogens with two attached hydrogens (primary N) is 2. The second-order valence-corrected chi connectivity index (χ2v) is 3.23. The van der Waals surface area contributed by atoms with Crippen LogP contribution in [0.5, 0.6) is 0 Å². The summed E-state index contributed by atoms with van der Waals surface area (Å²) in [4.78, 5) is 0. The molecule has 0 atom stereocenters. The van der Waals surface area contributed by atoms with Crippen LogP contribution in [0.25, 0.3) is 0 Å². The molecule has 0 saturated heterocycles. The molecule has 0 spiro atoms. The van der Waals surface area contributed by atoms with Gasteiger partial charge >= 0.3 is 0 Å². The number of rotatable bonds is 1. The van der Waals surface area contributed by atoms with Gasteiger partial charge in [0, 0.05) is 5.56 Å². The number of hydrogen-bond donors (Lipinski definition) is 2. The molecule has 0 aromatic carbocycles. The molecule has 1 aromatic heterocycles. The molecule has 64 valence electrons. The highest BCUT2D eigenvalue weighted by molar-refractivity contribution is 5.62. The summed E-state index contributed by atoms with van der Waals surface area (Å²) < 4.78 is 0. The summed E-state index contributed by atoms with van der Waals surface area (Å²) in [5.74, 6) is 0.933. The van der Waals surface area contributed by atoms with Crippen molar-refractivity contribution in [2.45, 2.75) is 25.2 Å². The second-order valence-electron chi connectivity index (χ2n) is 3.23. The van der Waals surface area contributed by atoms with E-state index in [2.05, 4.69) is 10.2 Å². The Bertz CT molecular complexity index is 293. The molecule has 1 heterocycles. The van der Waals surface area contributed by atoms with E-state index in [1.165, 1.54) is 19.3 Å². The molecule has 4 nitrogen and oxygen atoms in total. The number of anilines is 2. The Morgan fingerprint density at radius 2 is 2.08 bits per heavy atom. The number of hydrogen-bond acceptors (Lipinski definition) is 4. The molecule has 4 N–H and O–H groups in total. The summed E-state index contributed by atoms with van der Waals surface area (Å²) in [6, 6.07) is 0. The first-order valence-electron chi connectivity index (χ1n) is 4.15. The molecule has 1 aliphatic carbocycles. The first-order chi connectivity index (χ1) is 5.79. The van der Waals surface area contributed by atoms with Crippen molar-refractivity contribution < 1.29 is 0 Å².